The summed E-state index contributed by atoms with van der Waals surface area (Å²) in [7, 11) is 0. The van der Waals surface area contributed by atoms with E-state index in [-0.39, 0.29) is 12.5 Å². The van der Waals surface area contributed by atoms with Crippen molar-refractivity contribution < 1.29 is 9.90 Å². The Morgan fingerprint density at radius 1 is 1.73 bits per heavy atom. The maximum Gasteiger partial charge on any atom is 0.253 e. The molecule has 1 aliphatic heterocycles. The minimum Gasteiger partial charge on any atom is -0.444 e. The first-order chi connectivity index (χ1) is 7.24. The lowest BCUT2D eigenvalue weighted by molar-refractivity contribution is -0.120. The molecule has 1 aromatic rings. The smallest absolute Gasteiger partial charge is 0.253 e. The summed E-state index contributed by atoms with van der Waals surface area (Å²) in [6.45, 7) is 0.538. The van der Waals surface area contributed by atoms with Gasteiger partial charge in [0.1, 0.15) is 5.82 Å². The minimum atomic E-state index is -0.738. The summed E-state index contributed by atoms with van der Waals surface area (Å²) in [6, 6.07) is 3.08. The Morgan fingerprint density at radius 3 is 3.27 bits per heavy atom. The van der Waals surface area contributed by atoms with Crippen molar-refractivity contribution in [2.45, 2.75) is 12.5 Å². The third-order valence-corrected chi connectivity index (χ3v) is 2.53. The van der Waals surface area contributed by atoms with Crippen LogP contribution in [0.25, 0.3) is 0 Å². The predicted molar refractivity (Wildman–Crippen MR) is 56.8 cm³/mol. The van der Waals surface area contributed by atoms with E-state index in [0.29, 0.717) is 12.4 Å². The number of fused-ring (bicyclic) bond motifs is 1. The molecule has 2 heterocycles. The summed E-state index contributed by atoms with van der Waals surface area (Å²) in [5, 5.41) is 7.09. The zero-order chi connectivity index (χ0) is 10.8. The van der Waals surface area contributed by atoms with E-state index in [1.165, 1.54) is 0 Å². The van der Waals surface area contributed by atoms with Gasteiger partial charge in [0.2, 0.25) is 0 Å². The predicted octanol–water partition coefficient (Wildman–Crippen LogP) is -0.977. The Balaban J connectivity index is 2.24. The molecule has 5 heteroatoms. The molecule has 80 valence electrons. The van der Waals surface area contributed by atoms with Gasteiger partial charge in [-0.05, 0) is 18.1 Å². The molecule has 5 nitrogen and oxygen atoms in total. The first-order valence-electron chi connectivity index (χ1n) is 4.89. The van der Waals surface area contributed by atoms with Crippen LogP contribution in [0.1, 0.15) is 5.56 Å². The summed E-state index contributed by atoms with van der Waals surface area (Å²) in [4.78, 5) is 17.5. The van der Waals surface area contributed by atoms with Crippen LogP contribution in [0.5, 0.6) is 0 Å². The van der Waals surface area contributed by atoms with Crippen LogP contribution in [-0.4, -0.2) is 35.2 Å². The number of nitrogens with zero attached hydrogens (tertiary/aromatic N) is 2. The molecule has 1 atom stereocenters. The van der Waals surface area contributed by atoms with Crippen LogP contribution in [0.4, 0.5) is 5.82 Å². The van der Waals surface area contributed by atoms with Crippen molar-refractivity contribution in [2.24, 2.45) is 5.73 Å². The number of amides is 1. The highest BCUT2D eigenvalue weighted by atomic mass is 16.3. The van der Waals surface area contributed by atoms with Gasteiger partial charge in [-0.2, -0.15) is 0 Å². The topological polar surface area (TPSA) is 82.1 Å². The van der Waals surface area contributed by atoms with E-state index in [2.05, 4.69) is 4.98 Å². The molecule has 0 radical (unpaired) electrons. The molecule has 0 spiro atoms. The highest BCUT2D eigenvalue weighted by Gasteiger charge is 2.29. The number of carbonyl (C=O) groups is 1. The summed E-state index contributed by atoms with van der Waals surface area (Å²) >= 11 is 0. The van der Waals surface area contributed by atoms with E-state index in [1.54, 1.807) is 11.1 Å². The standard InChI is InChI=1S/C10H13N3O2/c11-8(6-14)10(15)13-5-3-7-2-1-4-12-9(7)13/h1-2,4,8,14H,3,5-6,11H2/p+1/t8-/m1/s1. The number of aromatic nitrogens is 1. The molecule has 1 amide bonds. The second-order valence-corrected chi connectivity index (χ2v) is 3.54. The highest BCUT2D eigenvalue weighted by Crippen LogP contribution is 2.24. The van der Waals surface area contributed by atoms with Crippen LogP contribution in [-0.2, 0) is 11.2 Å². The fourth-order valence-electron chi connectivity index (χ4n) is 1.71. The molecule has 0 bridgehead atoms. The largest absolute Gasteiger partial charge is 0.444 e. The molecule has 0 saturated carbocycles. The fourth-order valence-corrected chi connectivity index (χ4v) is 1.71. The van der Waals surface area contributed by atoms with Crippen LogP contribution >= 0.6 is 0 Å². The highest BCUT2D eigenvalue weighted by molar-refractivity contribution is 5.97. The van der Waals surface area contributed by atoms with Crippen LogP contribution in [0.2, 0.25) is 0 Å². The van der Waals surface area contributed by atoms with Gasteiger partial charge in [0.05, 0.1) is 0 Å². The van der Waals surface area contributed by atoms with E-state index in [4.69, 9.17) is 10.8 Å². The maximum atomic E-state index is 11.8. The van der Waals surface area contributed by atoms with Crippen molar-refractivity contribution in [1.82, 2.24) is 4.98 Å². The molecule has 0 unspecified atom stereocenters. The van der Waals surface area contributed by atoms with Gasteiger partial charge in [-0.3, -0.25) is 9.69 Å². The van der Waals surface area contributed by atoms with Crippen molar-refractivity contribution in [3.05, 3.63) is 23.9 Å². The Morgan fingerprint density at radius 2 is 2.53 bits per heavy atom. The fraction of sp³-hybridized carbons (Fsp3) is 0.400. The lowest BCUT2D eigenvalue weighted by atomic mass is 10.2. The van der Waals surface area contributed by atoms with Gasteiger partial charge >= 0.3 is 0 Å². The summed E-state index contributed by atoms with van der Waals surface area (Å²) in [5.41, 5.74) is 6.62. The molecule has 0 fully saturated rings. The lowest BCUT2D eigenvalue weighted by Crippen LogP contribution is -2.45. The normalized spacial score (nSPS) is 16.3. The number of hydrogen-bond donors (Lipinski definition) is 1. The minimum absolute atomic E-state index is 0.0858. The Labute approximate surface area is 87.5 Å². The zero-order valence-electron chi connectivity index (χ0n) is 8.31. The van der Waals surface area contributed by atoms with Crippen LogP contribution < -0.4 is 10.6 Å². The first kappa shape index (κ1) is 10.1. The average Bonchev–Trinajstić information content (AvgIpc) is 2.70. The molecule has 1 aliphatic rings. The van der Waals surface area contributed by atoms with E-state index in [0.717, 1.165) is 12.0 Å². The van der Waals surface area contributed by atoms with Crippen molar-refractivity contribution in [2.75, 3.05) is 18.1 Å². The number of hydrogen-bond acceptors (Lipinski definition) is 3. The molecule has 0 aliphatic carbocycles. The number of carbonyl (C=O) groups excluding carboxylic acids is 1. The van der Waals surface area contributed by atoms with E-state index in [9.17, 15) is 4.79 Å². The summed E-state index contributed by atoms with van der Waals surface area (Å²) < 4.78 is 0. The molecular formula is C10H14N3O2+. The van der Waals surface area contributed by atoms with Gasteiger partial charge in [0.25, 0.3) is 5.91 Å². The average molecular weight is 208 g/mol. The second kappa shape index (κ2) is 3.96. The lowest BCUT2D eigenvalue weighted by Gasteiger charge is -2.18. The second-order valence-electron chi connectivity index (χ2n) is 3.54. The zero-order valence-corrected chi connectivity index (χ0v) is 8.31. The maximum absolute atomic E-state index is 11.8. The first-order valence-corrected chi connectivity index (χ1v) is 4.89. The van der Waals surface area contributed by atoms with Gasteiger partial charge in [0.15, 0.2) is 12.6 Å². The molecular weight excluding hydrogens is 194 g/mol. The summed E-state index contributed by atoms with van der Waals surface area (Å²) in [6.07, 6.45) is 2.48. The molecule has 15 heavy (non-hydrogen) atoms. The van der Waals surface area contributed by atoms with Crippen molar-refractivity contribution in [1.29, 1.82) is 0 Å². The van der Waals surface area contributed by atoms with Crippen LogP contribution in [0, 0.1) is 0 Å². The van der Waals surface area contributed by atoms with E-state index >= 15 is 0 Å². The SMILES string of the molecule is N[C@H](C[OH2+])C(=O)N1CCc2cccnc21. The molecule has 0 aromatic carbocycles. The monoisotopic (exact) mass is 208 g/mol. The van der Waals surface area contributed by atoms with Crippen molar-refractivity contribution in [3.63, 3.8) is 0 Å². The van der Waals surface area contributed by atoms with Gasteiger partial charge in [-0.25, -0.2) is 4.98 Å². The van der Waals surface area contributed by atoms with Crippen molar-refractivity contribution in [3.8, 4) is 0 Å². The molecule has 2 rings (SSSR count). The van der Waals surface area contributed by atoms with E-state index < -0.39 is 6.04 Å². The number of nitrogens with two attached hydrogens (primary N) is 1. The van der Waals surface area contributed by atoms with Crippen molar-refractivity contribution >= 4 is 11.7 Å². The summed E-state index contributed by atoms with van der Waals surface area (Å²) in [5.74, 6) is 0.494. The van der Waals surface area contributed by atoms with Crippen LogP contribution in [0.3, 0.4) is 0 Å². The third kappa shape index (κ3) is 1.71. The number of anilines is 1. The Kier molecular flexibility index (Phi) is 2.66. The van der Waals surface area contributed by atoms with Gasteiger partial charge in [-0.1, -0.05) is 6.07 Å². The number of pyridine rings is 1. The molecule has 1 aromatic heterocycles. The Hall–Kier alpha value is -1.46. The molecule has 4 N–H and O–H groups in total. The molecule has 0 saturated heterocycles. The van der Waals surface area contributed by atoms with Gasteiger partial charge < -0.3 is 10.8 Å². The van der Waals surface area contributed by atoms with Crippen LogP contribution in [0.15, 0.2) is 18.3 Å². The Bertz CT molecular complexity index is 381. The third-order valence-electron chi connectivity index (χ3n) is 2.53. The quantitative estimate of drug-likeness (QED) is 0.634. The van der Waals surface area contributed by atoms with Gasteiger partial charge in [0, 0.05) is 12.7 Å². The van der Waals surface area contributed by atoms with E-state index in [1.807, 2.05) is 12.1 Å². The van der Waals surface area contributed by atoms with Gasteiger partial charge in [-0.15, -0.1) is 0 Å². The number of rotatable bonds is 2.